The maximum Gasteiger partial charge on any atom is 0.344 e. The van der Waals surface area contributed by atoms with Gasteiger partial charge in [0.15, 0.2) is 6.61 Å². The van der Waals surface area contributed by atoms with Crippen molar-refractivity contribution in [1.29, 1.82) is 0 Å². The van der Waals surface area contributed by atoms with E-state index < -0.39 is 11.8 Å². The average Bonchev–Trinajstić information content (AvgIpc) is 3.00. The lowest BCUT2D eigenvalue weighted by atomic mass is 10.0. The Bertz CT molecular complexity index is 847. The van der Waals surface area contributed by atoms with Gasteiger partial charge in [-0.2, -0.15) is 0 Å². The number of carbonyl (C=O) groups excluding carboxylic acids is 2. The zero-order valence-corrected chi connectivity index (χ0v) is 15.9. The maximum atomic E-state index is 14.2. The fourth-order valence-electron chi connectivity index (χ4n) is 3.21. The van der Waals surface area contributed by atoms with Crippen molar-refractivity contribution in [2.24, 2.45) is 5.92 Å². The molecule has 8 heteroatoms. The van der Waals surface area contributed by atoms with Crippen LogP contribution in [0.2, 0.25) is 5.02 Å². The predicted molar refractivity (Wildman–Crippen MR) is 96.9 cm³/mol. The van der Waals surface area contributed by atoms with Gasteiger partial charge in [-0.15, -0.1) is 0 Å². The van der Waals surface area contributed by atoms with E-state index in [1.807, 2.05) is 0 Å². The van der Waals surface area contributed by atoms with Crippen molar-refractivity contribution in [2.75, 3.05) is 19.7 Å². The topological polar surface area (TPSA) is 72.6 Å². The number of benzene rings is 1. The molecule has 1 fully saturated rings. The summed E-state index contributed by atoms with van der Waals surface area (Å²) in [5.74, 6) is -1.11. The average molecular weight is 395 g/mol. The highest BCUT2D eigenvalue weighted by molar-refractivity contribution is 6.33. The van der Waals surface area contributed by atoms with Crippen LogP contribution in [0, 0.1) is 18.7 Å². The van der Waals surface area contributed by atoms with E-state index in [2.05, 4.69) is 12.1 Å². The van der Waals surface area contributed by atoms with Crippen LogP contribution in [0.3, 0.4) is 0 Å². The van der Waals surface area contributed by atoms with E-state index >= 15 is 0 Å². The van der Waals surface area contributed by atoms with Crippen LogP contribution in [0.1, 0.15) is 35.9 Å². The van der Waals surface area contributed by atoms with Gasteiger partial charge in [-0.1, -0.05) is 29.7 Å². The van der Waals surface area contributed by atoms with Crippen molar-refractivity contribution in [3.8, 4) is 11.3 Å². The van der Waals surface area contributed by atoms with Crippen LogP contribution in [-0.4, -0.2) is 41.6 Å². The Kier molecular flexibility index (Phi) is 5.79. The van der Waals surface area contributed by atoms with Crippen LogP contribution >= 0.6 is 11.6 Å². The number of aromatic nitrogens is 1. The van der Waals surface area contributed by atoms with Gasteiger partial charge in [0.05, 0.1) is 10.6 Å². The molecule has 1 atom stereocenters. The fourth-order valence-corrected chi connectivity index (χ4v) is 3.47. The van der Waals surface area contributed by atoms with Gasteiger partial charge in [0.25, 0.3) is 5.91 Å². The van der Waals surface area contributed by atoms with E-state index in [1.165, 1.54) is 25.1 Å². The van der Waals surface area contributed by atoms with Gasteiger partial charge < -0.3 is 14.2 Å². The molecule has 0 spiro atoms. The highest BCUT2D eigenvalue weighted by Gasteiger charge is 2.28. The van der Waals surface area contributed by atoms with E-state index in [4.69, 9.17) is 20.9 Å². The van der Waals surface area contributed by atoms with Gasteiger partial charge >= 0.3 is 5.97 Å². The Labute approximate surface area is 161 Å². The number of ether oxygens (including phenoxy) is 1. The summed E-state index contributed by atoms with van der Waals surface area (Å²) < 4.78 is 24.4. The lowest BCUT2D eigenvalue weighted by Crippen LogP contribution is -2.41. The zero-order valence-electron chi connectivity index (χ0n) is 15.1. The summed E-state index contributed by atoms with van der Waals surface area (Å²) in [5, 5.41) is 3.85. The third-order valence-corrected chi connectivity index (χ3v) is 4.92. The number of amides is 1. The summed E-state index contributed by atoms with van der Waals surface area (Å²) in [5.41, 5.74) is -0.124. The van der Waals surface area contributed by atoms with Gasteiger partial charge in [-0.3, -0.25) is 4.79 Å². The molecule has 2 heterocycles. The van der Waals surface area contributed by atoms with E-state index in [-0.39, 0.29) is 40.1 Å². The summed E-state index contributed by atoms with van der Waals surface area (Å²) >= 11 is 6.06. The Balaban J connectivity index is 1.76. The molecule has 0 aliphatic carbocycles. The number of hydrogen-bond donors (Lipinski definition) is 0. The predicted octanol–water partition coefficient (Wildman–Crippen LogP) is 3.86. The summed E-state index contributed by atoms with van der Waals surface area (Å²) in [6, 6.07) is 4.14. The molecule has 1 aliphatic heterocycles. The molecule has 1 aromatic heterocycles. The number of esters is 1. The van der Waals surface area contributed by atoms with Crippen LogP contribution in [-0.2, 0) is 9.53 Å². The summed E-state index contributed by atoms with van der Waals surface area (Å²) in [6.07, 6.45) is 2.01. The van der Waals surface area contributed by atoms with Crippen molar-refractivity contribution in [3.63, 3.8) is 0 Å². The number of piperidine rings is 1. The molecule has 1 amide bonds. The second kappa shape index (κ2) is 8.08. The molecule has 6 nitrogen and oxygen atoms in total. The van der Waals surface area contributed by atoms with E-state index in [1.54, 1.807) is 4.90 Å². The first-order valence-corrected chi connectivity index (χ1v) is 9.11. The Morgan fingerprint density at radius 2 is 2.22 bits per heavy atom. The minimum absolute atomic E-state index is 0.0400. The first kappa shape index (κ1) is 19.4. The van der Waals surface area contributed by atoms with Crippen LogP contribution in [0.4, 0.5) is 4.39 Å². The molecule has 0 N–H and O–H groups in total. The largest absolute Gasteiger partial charge is 0.452 e. The number of rotatable bonds is 4. The van der Waals surface area contributed by atoms with Gasteiger partial charge in [-0.25, -0.2) is 9.18 Å². The lowest BCUT2D eigenvalue weighted by Gasteiger charge is -2.30. The lowest BCUT2D eigenvalue weighted by molar-refractivity contribution is -0.136. The summed E-state index contributed by atoms with van der Waals surface area (Å²) in [6.45, 7) is 4.51. The number of nitrogens with zero attached hydrogens (tertiary/aromatic N) is 2. The molecule has 0 saturated carbocycles. The van der Waals surface area contributed by atoms with Crippen molar-refractivity contribution < 1.29 is 23.2 Å². The van der Waals surface area contributed by atoms with Gasteiger partial charge in [0.1, 0.15) is 22.8 Å². The van der Waals surface area contributed by atoms with Crippen LogP contribution in [0.15, 0.2) is 22.7 Å². The zero-order chi connectivity index (χ0) is 19.6. The van der Waals surface area contributed by atoms with Gasteiger partial charge in [-0.05, 0) is 37.8 Å². The van der Waals surface area contributed by atoms with Crippen molar-refractivity contribution in [3.05, 3.63) is 40.4 Å². The van der Waals surface area contributed by atoms with Crippen molar-refractivity contribution >= 4 is 23.5 Å². The molecule has 0 radical (unpaired) electrons. The molecule has 2 aromatic rings. The number of likely N-dealkylation sites (tertiary alicyclic amines) is 1. The third kappa shape index (κ3) is 4.13. The van der Waals surface area contributed by atoms with E-state index in [0.29, 0.717) is 19.0 Å². The highest BCUT2D eigenvalue weighted by Crippen LogP contribution is 2.33. The van der Waals surface area contributed by atoms with Crippen LogP contribution < -0.4 is 0 Å². The number of carbonyl (C=O) groups is 2. The Morgan fingerprint density at radius 1 is 1.44 bits per heavy atom. The first-order valence-electron chi connectivity index (χ1n) is 8.74. The van der Waals surface area contributed by atoms with E-state index in [9.17, 15) is 14.0 Å². The quantitative estimate of drug-likeness (QED) is 0.736. The molecule has 1 aromatic carbocycles. The molecular formula is C19H20ClFN2O4. The minimum atomic E-state index is -0.804. The molecule has 144 valence electrons. The third-order valence-electron chi connectivity index (χ3n) is 4.60. The van der Waals surface area contributed by atoms with Crippen molar-refractivity contribution in [2.45, 2.75) is 26.7 Å². The molecule has 0 bridgehead atoms. The first-order chi connectivity index (χ1) is 12.9. The SMILES string of the molecule is Cc1onc(-c2c(F)cccc2Cl)c1C(=O)OCC(=O)N1CCCC(C)C1. The molecule has 27 heavy (non-hydrogen) atoms. The molecule has 1 saturated heterocycles. The summed E-state index contributed by atoms with van der Waals surface area (Å²) in [4.78, 5) is 26.5. The fraction of sp³-hybridized carbons (Fsp3) is 0.421. The minimum Gasteiger partial charge on any atom is -0.452 e. The number of aryl methyl sites for hydroxylation is 1. The Hall–Kier alpha value is -2.41. The molecule has 3 rings (SSSR count). The standard InChI is InChI=1S/C19H20ClFN2O4/c1-11-5-4-8-23(9-11)15(24)10-26-19(25)16-12(2)27-22-18(16)17-13(20)6-3-7-14(17)21/h3,6-7,11H,4-5,8-10H2,1-2H3. The monoisotopic (exact) mass is 394 g/mol. The number of hydrogen-bond acceptors (Lipinski definition) is 5. The second-order valence-corrected chi connectivity index (χ2v) is 7.13. The Morgan fingerprint density at radius 3 is 2.93 bits per heavy atom. The highest BCUT2D eigenvalue weighted by atomic mass is 35.5. The van der Waals surface area contributed by atoms with E-state index in [0.717, 1.165) is 12.8 Å². The van der Waals surface area contributed by atoms with Crippen LogP contribution in [0.5, 0.6) is 0 Å². The normalized spacial score (nSPS) is 17.0. The summed E-state index contributed by atoms with van der Waals surface area (Å²) in [7, 11) is 0. The molecule has 1 aliphatic rings. The molecule has 1 unspecified atom stereocenters. The maximum absolute atomic E-state index is 14.2. The molecular weight excluding hydrogens is 375 g/mol. The van der Waals surface area contributed by atoms with Gasteiger partial charge in [0, 0.05) is 13.1 Å². The number of halogens is 2. The van der Waals surface area contributed by atoms with Gasteiger partial charge in [0.2, 0.25) is 0 Å². The smallest absolute Gasteiger partial charge is 0.344 e. The van der Waals surface area contributed by atoms with Crippen molar-refractivity contribution in [1.82, 2.24) is 10.1 Å². The second-order valence-electron chi connectivity index (χ2n) is 6.72. The van der Waals surface area contributed by atoms with Crippen LogP contribution in [0.25, 0.3) is 11.3 Å².